The molecule has 0 unspecified atom stereocenters. The van der Waals surface area contributed by atoms with Gasteiger partial charge < -0.3 is 5.73 Å². The van der Waals surface area contributed by atoms with Crippen LogP contribution in [0.5, 0.6) is 0 Å². The molecule has 2 rings (SSSR count). The van der Waals surface area contributed by atoms with Gasteiger partial charge >= 0.3 is 0 Å². The van der Waals surface area contributed by atoms with Crippen molar-refractivity contribution in [2.75, 3.05) is 5.73 Å². The summed E-state index contributed by atoms with van der Waals surface area (Å²) in [6.45, 7) is 0. The summed E-state index contributed by atoms with van der Waals surface area (Å²) < 4.78 is 26.0. The van der Waals surface area contributed by atoms with E-state index in [0.29, 0.717) is 22.0 Å². The first kappa shape index (κ1) is 13.2. The van der Waals surface area contributed by atoms with Gasteiger partial charge in [-0.1, -0.05) is 11.6 Å². The smallest absolute Gasteiger partial charge is 0.126 e. The van der Waals surface area contributed by atoms with Crippen LogP contribution in [0.25, 0.3) is 0 Å². The number of hydrogen-bond donors (Lipinski definition) is 1. The van der Waals surface area contributed by atoms with E-state index in [1.54, 1.807) is 18.2 Å². The molecule has 0 amide bonds. The quantitative estimate of drug-likeness (QED) is 0.664. The number of rotatable bonds is 3. The predicted molar refractivity (Wildman–Crippen MR) is 71.8 cm³/mol. The molecule has 1 nitrogen and oxygen atoms in total. The Morgan fingerprint density at radius 2 is 1.72 bits per heavy atom. The third kappa shape index (κ3) is 3.37. The van der Waals surface area contributed by atoms with Crippen molar-refractivity contribution in [2.24, 2.45) is 0 Å². The normalized spacial score (nSPS) is 10.6. The molecule has 0 bridgehead atoms. The zero-order valence-electron chi connectivity index (χ0n) is 9.29. The monoisotopic (exact) mass is 285 g/mol. The van der Waals surface area contributed by atoms with Gasteiger partial charge in [0.15, 0.2) is 0 Å². The average molecular weight is 286 g/mol. The Labute approximate surface area is 113 Å². The average Bonchev–Trinajstić information content (AvgIpc) is 2.29. The van der Waals surface area contributed by atoms with Crippen LogP contribution in [0.15, 0.2) is 41.3 Å². The van der Waals surface area contributed by atoms with Crippen LogP contribution >= 0.6 is 23.4 Å². The van der Waals surface area contributed by atoms with Gasteiger partial charge in [0, 0.05) is 27.4 Å². The minimum Gasteiger partial charge on any atom is -0.398 e. The molecule has 0 heterocycles. The molecular weight excluding hydrogens is 276 g/mol. The van der Waals surface area contributed by atoms with E-state index < -0.39 is 11.6 Å². The predicted octanol–water partition coefficient (Wildman–Crippen LogP) is 4.49. The fourth-order valence-electron chi connectivity index (χ4n) is 1.49. The molecule has 0 aliphatic heterocycles. The number of nitrogen functional groups attached to an aromatic ring is 1. The van der Waals surface area contributed by atoms with Gasteiger partial charge in [0.2, 0.25) is 0 Å². The largest absolute Gasteiger partial charge is 0.398 e. The zero-order valence-corrected chi connectivity index (χ0v) is 10.9. The first-order chi connectivity index (χ1) is 8.54. The Balaban J connectivity index is 2.13. The highest BCUT2D eigenvalue weighted by atomic mass is 35.5. The van der Waals surface area contributed by atoms with E-state index >= 15 is 0 Å². The second-order valence-electron chi connectivity index (χ2n) is 3.75. The van der Waals surface area contributed by atoms with Crippen molar-refractivity contribution < 1.29 is 8.78 Å². The molecule has 18 heavy (non-hydrogen) atoms. The van der Waals surface area contributed by atoms with Gasteiger partial charge in [-0.15, -0.1) is 11.8 Å². The van der Waals surface area contributed by atoms with Gasteiger partial charge in [0.25, 0.3) is 0 Å². The second-order valence-corrected chi connectivity index (χ2v) is 5.20. The van der Waals surface area contributed by atoms with Crippen LogP contribution in [-0.4, -0.2) is 0 Å². The van der Waals surface area contributed by atoms with Gasteiger partial charge in [0.05, 0.1) is 0 Å². The molecule has 0 aliphatic rings. The van der Waals surface area contributed by atoms with Crippen molar-refractivity contribution in [3.05, 3.63) is 58.6 Å². The standard InChI is InChI=1S/C13H10ClF2NS/c14-9-1-2-12(17)13(5-9)18-7-8-3-10(15)6-11(16)4-8/h1-6H,7,17H2. The Morgan fingerprint density at radius 3 is 2.39 bits per heavy atom. The zero-order chi connectivity index (χ0) is 13.1. The minimum atomic E-state index is -0.579. The maximum atomic E-state index is 13.0. The third-order valence-electron chi connectivity index (χ3n) is 2.29. The number of benzene rings is 2. The van der Waals surface area contributed by atoms with Crippen molar-refractivity contribution in [2.45, 2.75) is 10.6 Å². The fraction of sp³-hybridized carbons (Fsp3) is 0.0769. The van der Waals surface area contributed by atoms with Gasteiger partial charge in [-0.2, -0.15) is 0 Å². The van der Waals surface area contributed by atoms with Crippen LogP contribution in [0.3, 0.4) is 0 Å². The van der Waals surface area contributed by atoms with Crippen LogP contribution < -0.4 is 5.73 Å². The van der Waals surface area contributed by atoms with Crippen molar-refractivity contribution in [1.29, 1.82) is 0 Å². The molecule has 0 fully saturated rings. The summed E-state index contributed by atoms with van der Waals surface area (Å²) in [5.41, 5.74) is 6.95. The van der Waals surface area contributed by atoms with Crippen molar-refractivity contribution in [3.8, 4) is 0 Å². The van der Waals surface area contributed by atoms with E-state index in [0.717, 1.165) is 11.0 Å². The Hall–Kier alpha value is -1.26. The highest BCUT2D eigenvalue weighted by Crippen LogP contribution is 2.30. The van der Waals surface area contributed by atoms with Crippen molar-refractivity contribution >= 4 is 29.1 Å². The summed E-state index contributed by atoms with van der Waals surface area (Å²) in [7, 11) is 0. The van der Waals surface area contributed by atoms with Gasteiger partial charge in [-0.3, -0.25) is 0 Å². The molecule has 2 N–H and O–H groups in total. The van der Waals surface area contributed by atoms with Crippen LogP contribution in [0, 0.1) is 11.6 Å². The van der Waals surface area contributed by atoms with E-state index in [1.165, 1.54) is 23.9 Å². The Bertz CT molecular complexity index is 555. The molecule has 0 saturated heterocycles. The summed E-state index contributed by atoms with van der Waals surface area (Å²) >= 11 is 7.25. The van der Waals surface area contributed by atoms with E-state index in [9.17, 15) is 8.78 Å². The molecule has 94 valence electrons. The number of anilines is 1. The second kappa shape index (κ2) is 5.59. The summed E-state index contributed by atoms with van der Waals surface area (Å²) in [5, 5.41) is 0.581. The Morgan fingerprint density at radius 1 is 1.06 bits per heavy atom. The minimum absolute atomic E-state index is 0.430. The van der Waals surface area contributed by atoms with Crippen LogP contribution in [0.1, 0.15) is 5.56 Å². The number of nitrogens with two attached hydrogens (primary N) is 1. The lowest BCUT2D eigenvalue weighted by atomic mass is 10.2. The van der Waals surface area contributed by atoms with E-state index in [2.05, 4.69) is 0 Å². The SMILES string of the molecule is Nc1ccc(Cl)cc1SCc1cc(F)cc(F)c1. The molecule has 0 radical (unpaired) electrons. The van der Waals surface area contributed by atoms with E-state index in [4.69, 9.17) is 17.3 Å². The molecular formula is C13H10ClF2NS. The maximum Gasteiger partial charge on any atom is 0.126 e. The molecule has 5 heteroatoms. The molecule has 2 aromatic carbocycles. The molecule has 0 spiro atoms. The third-order valence-corrected chi connectivity index (χ3v) is 3.67. The lowest BCUT2D eigenvalue weighted by Crippen LogP contribution is -1.90. The molecule has 0 atom stereocenters. The summed E-state index contributed by atoms with van der Waals surface area (Å²) in [5.74, 6) is -0.728. The number of halogens is 3. The Kier molecular flexibility index (Phi) is 4.09. The fourth-order valence-corrected chi connectivity index (χ4v) is 2.66. The lowest BCUT2D eigenvalue weighted by Gasteiger charge is -2.06. The lowest BCUT2D eigenvalue weighted by molar-refractivity contribution is 0.581. The molecule has 0 aromatic heterocycles. The first-order valence-electron chi connectivity index (χ1n) is 5.17. The van der Waals surface area contributed by atoms with Gasteiger partial charge in [-0.05, 0) is 35.9 Å². The van der Waals surface area contributed by atoms with Crippen LogP contribution in [-0.2, 0) is 5.75 Å². The summed E-state index contributed by atoms with van der Waals surface area (Å²) in [6.07, 6.45) is 0. The summed E-state index contributed by atoms with van der Waals surface area (Å²) in [6, 6.07) is 8.59. The molecule has 0 saturated carbocycles. The van der Waals surface area contributed by atoms with E-state index in [1.807, 2.05) is 0 Å². The van der Waals surface area contributed by atoms with Crippen LogP contribution in [0.4, 0.5) is 14.5 Å². The number of thioether (sulfide) groups is 1. The van der Waals surface area contributed by atoms with Gasteiger partial charge in [-0.25, -0.2) is 8.78 Å². The molecule has 0 aliphatic carbocycles. The topological polar surface area (TPSA) is 26.0 Å². The van der Waals surface area contributed by atoms with Gasteiger partial charge in [0.1, 0.15) is 11.6 Å². The highest BCUT2D eigenvalue weighted by Gasteiger charge is 2.04. The highest BCUT2D eigenvalue weighted by molar-refractivity contribution is 7.98. The van der Waals surface area contributed by atoms with E-state index in [-0.39, 0.29) is 0 Å². The maximum absolute atomic E-state index is 13.0. The van der Waals surface area contributed by atoms with Crippen molar-refractivity contribution in [3.63, 3.8) is 0 Å². The first-order valence-corrected chi connectivity index (χ1v) is 6.54. The molecule has 2 aromatic rings. The summed E-state index contributed by atoms with van der Waals surface area (Å²) in [4.78, 5) is 0.798. The number of hydrogen-bond acceptors (Lipinski definition) is 2. The van der Waals surface area contributed by atoms with Crippen LogP contribution in [0.2, 0.25) is 5.02 Å². The van der Waals surface area contributed by atoms with Crippen molar-refractivity contribution in [1.82, 2.24) is 0 Å².